The summed E-state index contributed by atoms with van der Waals surface area (Å²) < 4.78 is 0. The molecule has 3 nitrogen and oxygen atoms in total. The number of hydrogen-bond donors (Lipinski definition) is 1. The Labute approximate surface area is 91.3 Å². The Kier molecular flexibility index (Phi) is 2.57. The van der Waals surface area contributed by atoms with Crippen molar-refractivity contribution in [3.8, 4) is 0 Å². The standard InChI is InChI=1S/C12H20N2O/c1-8(15)13-14-11-7-12(2,3)10-5-4-9(11)6-10/h9-10H,4-7H2,1-3H3,(H,13,15)/b14-11-/t9-,10-/m1/s1. The number of carbonyl (C=O) groups is 1. The number of amides is 1. The van der Waals surface area contributed by atoms with Gasteiger partial charge in [0.1, 0.15) is 0 Å². The maximum Gasteiger partial charge on any atom is 0.236 e. The first kappa shape index (κ1) is 10.7. The van der Waals surface area contributed by atoms with Crippen molar-refractivity contribution in [3.63, 3.8) is 0 Å². The first-order chi connectivity index (χ1) is 6.99. The second kappa shape index (κ2) is 3.62. The highest BCUT2D eigenvalue weighted by Crippen LogP contribution is 2.50. The number of carbonyl (C=O) groups excluding carboxylic acids is 1. The largest absolute Gasteiger partial charge is 0.274 e. The molecule has 0 saturated heterocycles. The maximum atomic E-state index is 10.8. The number of hydrogen-bond acceptors (Lipinski definition) is 2. The van der Waals surface area contributed by atoms with Gasteiger partial charge in [-0.1, -0.05) is 13.8 Å². The summed E-state index contributed by atoms with van der Waals surface area (Å²) in [5.74, 6) is 1.43. The molecule has 2 aliphatic carbocycles. The third-order valence-electron chi connectivity index (χ3n) is 4.00. The van der Waals surface area contributed by atoms with Crippen molar-refractivity contribution in [3.05, 3.63) is 0 Å². The van der Waals surface area contributed by atoms with Gasteiger partial charge in [-0.2, -0.15) is 5.10 Å². The van der Waals surface area contributed by atoms with Gasteiger partial charge in [-0.15, -0.1) is 0 Å². The van der Waals surface area contributed by atoms with Crippen molar-refractivity contribution in [2.45, 2.75) is 46.5 Å². The van der Waals surface area contributed by atoms with Crippen LogP contribution in [0.3, 0.4) is 0 Å². The molecule has 0 aromatic rings. The van der Waals surface area contributed by atoms with Gasteiger partial charge in [-0.25, -0.2) is 5.43 Å². The molecule has 0 radical (unpaired) electrons. The van der Waals surface area contributed by atoms with Crippen LogP contribution in [0, 0.1) is 17.3 Å². The van der Waals surface area contributed by atoms with E-state index in [0.717, 1.165) is 12.3 Å². The first-order valence-corrected chi connectivity index (χ1v) is 5.82. The monoisotopic (exact) mass is 208 g/mol. The van der Waals surface area contributed by atoms with Crippen LogP contribution in [-0.4, -0.2) is 11.6 Å². The predicted octanol–water partition coefficient (Wildman–Crippen LogP) is 2.32. The van der Waals surface area contributed by atoms with Crippen LogP contribution in [0.25, 0.3) is 0 Å². The lowest BCUT2D eigenvalue weighted by Gasteiger charge is -2.36. The Balaban J connectivity index is 2.13. The van der Waals surface area contributed by atoms with Crippen LogP contribution < -0.4 is 5.43 Å². The molecule has 0 aliphatic heterocycles. The van der Waals surface area contributed by atoms with E-state index in [0.29, 0.717) is 11.3 Å². The molecule has 2 fully saturated rings. The van der Waals surface area contributed by atoms with Gasteiger partial charge in [0.05, 0.1) is 0 Å². The third-order valence-corrected chi connectivity index (χ3v) is 4.00. The smallest absolute Gasteiger partial charge is 0.236 e. The molecule has 15 heavy (non-hydrogen) atoms. The van der Waals surface area contributed by atoms with Crippen molar-refractivity contribution < 1.29 is 4.79 Å². The Bertz CT molecular complexity index is 307. The lowest BCUT2D eigenvalue weighted by molar-refractivity contribution is -0.118. The van der Waals surface area contributed by atoms with Crippen LogP contribution >= 0.6 is 0 Å². The number of nitrogens with one attached hydrogen (secondary N) is 1. The zero-order valence-corrected chi connectivity index (χ0v) is 9.84. The molecule has 0 aromatic carbocycles. The quantitative estimate of drug-likeness (QED) is 0.660. The molecule has 2 rings (SSSR count). The van der Waals surface area contributed by atoms with E-state index in [1.807, 2.05) is 0 Å². The van der Waals surface area contributed by atoms with Gasteiger partial charge in [-0.05, 0) is 42.9 Å². The summed E-state index contributed by atoms with van der Waals surface area (Å²) >= 11 is 0. The van der Waals surface area contributed by atoms with Crippen molar-refractivity contribution in [2.24, 2.45) is 22.4 Å². The molecule has 0 unspecified atom stereocenters. The summed E-state index contributed by atoms with van der Waals surface area (Å²) in [5, 5.41) is 4.27. The highest BCUT2D eigenvalue weighted by atomic mass is 16.2. The van der Waals surface area contributed by atoms with Crippen LogP contribution in [0.5, 0.6) is 0 Å². The number of hydrazone groups is 1. The summed E-state index contributed by atoms with van der Waals surface area (Å²) in [7, 11) is 0. The van der Waals surface area contributed by atoms with Crippen molar-refractivity contribution >= 4 is 11.6 Å². The molecule has 1 amide bonds. The van der Waals surface area contributed by atoms with Gasteiger partial charge < -0.3 is 0 Å². The predicted molar refractivity (Wildman–Crippen MR) is 60.5 cm³/mol. The van der Waals surface area contributed by atoms with Gasteiger partial charge in [0.15, 0.2) is 0 Å². The van der Waals surface area contributed by atoms with E-state index < -0.39 is 0 Å². The SMILES string of the molecule is CC(=O)N/N=C1/CC(C)(C)[C@@H]2CC[C@@H]1C2. The van der Waals surface area contributed by atoms with E-state index in [9.17, 15) is 4.79 Å². The van der Waals surface area contributed by atoms with Crippen LogP contribution in [0.4, 0.5) is 0 Å². The molecule has 2 bridgehead atoms. The summed E-state index contributed by atoms with van der Waals surface area (Å²) in [6.07, 6.45) is 4.90. The van der Waals surface area contributed by atoms with Gasteiger partial charge >= 0.3 is 0 Å². The van der Waals surface area contributed by atoms with Gasteiger partial charge in [0.2, 0.25) is 5.91 Å². The summed E-state index contributed by atoms with van der Waals surface area (Å²) in [4.78, 5) is 10.8. The minimum absolute atomic E-state index is 0.0690. The Morgan fingerprint density at radius 2 is 2.20 bits per heavy atom. The molecule has 0 spiro atoms. The second-order valence-corrected chi connectivity index (χ2v) is 5.64. The third kappa shape index (κ3) is 2.06. The topological polar surface area (TPSA) is 41.5 Å². The minimum atomic E-state index is -0.0690. The molecule has 3 heteroatoms. The zero-order chi connectivity index (χ0) is 11.1. The van der Waals surface area contributed by atoms with Crippen molar-refractivity contribution in [2.75, 3.05) is 0 Å². The maximum absolute atomic E-state index is 10.8. The molecule has 1 N–H and O–H groups in total. The van der Waals surface area contributed by atoms with E-state index in [-0.39, 0.29) is 5.91 Å². The molecule has 2 aliphatic rings. The Morgan fingerprint density at radius 1 is 1.47 bits per heavy atom. The summed E-state index contributed by atoms with van der Waals surface area (Å²) in [6.45, 7) is 6.15. The normalized spacial score (nSPS) is 35.5. The van der Waals surface area contributed by atoms with E-state index >= 15 is 0 Å². The van der Waals surface area contributed by atoms with Gasteiger partial charge in [0, 0.05) is 12.6 Å². The summed E-state index contributed by atoms with van der Waals surface area (Å²) in [6, 6.07) is 0. The fourth-order valence-electron chi connectivity index (χ4n) is 3.03. The lowest BCUT2D eigenvalue weighted by atomic mass is 9.69. The molecular formula is C12H20N2O. The van der Waals surface area contributed by atoms with E-state index in [1.165, 1.54) is 31.9 Å². The van der Waals surface area contributed by atoms with Crippen molar-refractivity contribution in [1.82, 2.24) is 5.43 Å². The van der Waals surface area contributed by atoms with Crippen LogP contribution in [0.1, 0.15) is 46.5 Å². The first-order valence-electron chi connectivity index (χ1n) is 5.82. The van der Waals surface area contributed by atoms with Crippen molar-refractivity contribution in [1.29, 1.82) is 0 Å². The minimum Gasteiger partial charge on any atom is -0.274 e. The molecule has 2 atom stereocenters. The Hall–Kier alpha value is -0.860. The van der Waals surface area contributed by atoms with Gasteiger partial charge in [-0.3, -0.25) is 4.79 Å². The van der Waals surface area contributed by atoms with E-state index in [1.54, 1.807) is 0 Å². The lowest BCUT2D eigenvalue weighted by Crippen LogP contribution is -2.33. The molecule has 2 saturated carbocycles. The zero-order valence-electron chi connectivity index (χ0n) is 9.84. The Morgan fingerprint density at radius 3 is 2.87 bits per heavy atom. The molecule has 84 valence electrons. The van der Waals surface area contributed by atoms with E-state index in [2.05, 4.69) is 24.4 Å². The van der Waals surface area contributed by atoms with Crippen LogP contribution in [0.15, 0.2) is 5.10 Å². The number of rotatable bonds is 1. The van der Waals surface area contributed by atoms with Gasteiger partial charge in [0.25, 0.3) is 0 Å². The average molecular weight is 208 g/mol. The molecular weight excluding hydrogens is 188 g/mol. The summed E-state index contributed by atoms with van der Waals surface area (Å²) in [5.41, 5.74) is 4.16. The molecule has 0 heterocycles. The fraction of sp³-hybridized carbons (Fsp3) is 0.833. The number of fused-ring (bicyclic) bond motifs is 2. The highest BCUT2D eigenvalue weighted by molar-refractivity contribution is 5.89. The van der Waals surface area contributed by atoms with Crippen LogP contribution in [0.2, 0.25) is 0 Å². The van der Waals surface area contributed by atoms with Crippen LogP contribution in [-0.2, 0) is 4.79 Å². The second-order valence-electron chi connectivity index (χ2n) is 5.64. The highest BCUT2D eigenvalue weighted by Gasteiger charge is 2.44. The fourth-order valence-corrected chi connectivity index (χ4v) is 3.03. The molecule has 0 aromatic heterocycles. The average Bonchev–Trinajstić information content (AvgIpc) is 2.56. The van der Waals surface area contributed by atoms with E-state index in [4.69, 9.17) is 0 Å². The number of nitrogens with zero attached hydrogens (tertiary/aromatic N) is 1.